The van der Waals surface area contributed by atoms with Crippen molar-refractivity contribution in [3.63, 3.8) is 0 Å². The van der Waals surface area contributed by atoms with Crippen molar-refractivity contribution in [2.24, 2.45) is 11.3 Å². The van der Waals surface area contributed by atoms with Crippen LogP contribution in [0, 0.1) is 11.3 Å². The summed E-state index contributed by atoms with van der Waals surface area (Å²) in [6.07, 6.45) is 1.26. The van der Waals surface area contributed by atoms with Crippen LogP contribution >= 0.6 is 0 Å². The van der Waals surface area contributed by atoms with Crippen LogP contribution in [0.15, 0.2) is 12.2 Å². The smallest absolute Gasteiger partial charge is 0.0310 e. The zero-order chi connectivity index (χ0) is 10.2. The number of hydrogen-bond donors (Lipinski definition) is 0. The second-order valence-corrected chi connectivity index (χ2v) is 5.53. The van der Waals surface area contributed by atoms with Gasteiger partial charge in [0.25, 0.3) is 0 Å². The van der Waals surface area contributed by atoms with E-state index in [0.717, 1.165) is 0 Å². The summed E-state index contributed by atoms with van der Waals surface area (Å²) in [4.78, 5) is 2.45. The molecule has 0 aromatic rings. The molecule has 0 bridgehead atoms. The number of likely N-dealkylation sites (N-methyl/N-ethyl adjacent to an activating group) is 1. The van der Waals surface area contributed by atoms with E-state index < -0.39 is 0 Å². The number of nitrogens with zero attached hydrogens (tertiary/aromatic N) is 1. The summed E-state index contributed by atoms with van der Waals surface area (Å²) in [7, 11) is 2.22. The lowest BCUT2D eigenvalue weighted by atomic mass is 9.86. The molecule has 0 spiro atoms. The van der Waals surface area contributed by atoms with Gasteiger partial charge in [-0.05, 0) is 24.8 Å². The molecule has 0 aromatic carbocycles. The first-order valence-electron chi connectivity index (χ1n) is 5.22. The third-order valence-corrected chi connectivity index (χ3v) is 3.13. The largest absolute Gasteiger partial charge is 0.299 e. The molecule has 1 rings (SSSR count). The van der Waals surface area contributed by atoms with Crippen molar-refractivity contribution in [1.29, 1.82) is 0 Å². The summed E-state index contributed by atoms with van der Waals surface area (Å²) < 4.78 is 0. The molecule has 0 N–H and O–H groups in total. The standard InChI is InChI=1S/C12H23N/c1-9(2)10(3)11-7-12(4,5)8-13(11)6/h9,11H,3,7-8H2,1-2,4-6H3. The zero-order valence-electron chi connectivity index (χ0n) is 9.72. The molecule has 1 fully saturated rings. The van der Waals surface area contributed by atoms with Crippen molar-refractivity contribution < 1.29 is 0 Å². The Hall–Kier alpha value is -0.300. The first-order valence-corrected chi connectivity index (χ1v) is 5.22. The van der Waals surface area contributed by atoms with E-state index in [9.17, 15) is 0 Å². The molecule has 1 heterocycles. The maximum Gasteiger partial charge on any atom is 0.0310 e. The van der Waals surface area contributed by atoms with Crippen LogP contribution in [0.3, 0.4) is 0 Å². The number of hydrogen-bond acceptors (Lipinski definition) is 1. The van der Waals surface area contributed by atoms with E-state index in [-0.39, 0.29) is 0 Å². The quantitative estimate of drug-likeness (QED) is 0.592. The molecule has 0 amide bonds. The Morgan fingerprint density at radius 1 is 1.46 bits per heavy atom. The van der Waals surface area contributed by atoms with E-state index in [0.29, 0.717) is 17.4 Å². The van der Waals surface area contributed by atoms with E-state index >= 15 is 0 Å². The highest BCUT2D eigenvalue weighted by molar-refractivity contribution is 5.12. The van der Waals surface area contributed by atoms with Gasteiger partial charge in [-0.3, -0.25) is 4.90 Å². The van der Waals surface area contributed by atoms with Gasteiger partial charge >= 0.3 is 0 Å². The van der Waals surface area contributed by atoms with Gasteiger partial charge in [-0.15, -0.1) is 0 Å². The molecular weight excluding hydrogens is 158 g/mol. The number of likely N-dealkylation sites (tertiary alicyclic amines) is 1. The topological polar surface area (TPSA) is 3.24 Å². The molecule has 1 heteroatoms. The van der Waals surface area contributed by atoms with Crippen LogP contribution in [0.2, 0.25) is 0 Å². The average Bonchev–Trinajstić information content (AvgIpc) is 2.22. The Labute approximate surface area is 82.8 Å². The molecule has 0 aromatic heterocycles. The lowest BCUT2D eigenvalue weighted by molar-refractivity contribution is 0.308. The Morgan fingerprint density at radius 2 is 2.00 bits per heavy atom. The van der Waals surface area contributed by atoms with Gasteiger partial charge in [0.1, 0.15) is 0 Å². The summed E-state index contributed by atoms with van der Waals surface area (Å²) in [5, 5.41) is 0. The molecule has 1 saturated heterocycles. The molecule has 76 valence electrons. The van der Waals surface area contributed by atoms with Crippen LogP contribution in [-0.4, -0.2) is 24.5 Å². The Kier molecular flexibility index (Phi) is 2.86. The van der Waals surface area contributed by atoms with Crippen molar-refractivity contribution >= 4 is 0 Å². The second kappa shape index (κ2) is 3.45. The molecule has 1 aliphatic rings. The fourth-order valence-electron chi connectivity index (χ4n) is 2.33. The lowest BCUT2D eigenvalue weighted by Gasteiger charge is -2.24. The van der Waals surface area contributed by atoms with Gasteiger partial charge in [0.05, 0.1) is 0 Å². The van der Waals surface area contributed by atoms with Crippen LogP contribution in [0.5, 0.6) is 0 Å². The van der Waals surface area contributed by atoms with Crippen LogP contribution in [0.25, 0.3) is 0 Å². The first-order chi connectivity index (χ1) is 5.83. The van der Waals surface area contributed by atoms with Gasteiger partial charge in [-0.2, -0.15) is 0 Å². The predicted molar refractivity (Wildman–Crippen MR) is 58.8 cm³/mol. The molecule has 0 radical (unpaired) electrons. The Bertz CT molecular complexity index is 203. The highest BCUT2D eigenvalue weighted by Crippen LogP contribution is 2.37. The molecule has 0 saturated carbocycles. The second-order valence-electron chi connectivity index (χ2n) is 5.53. The van der Waals surface area contributed by atoms with Crippen molar-refractivity contribution in [1.82, 2.24) is 4.90 Å². The van der Waals surface area contributed by atoms with E-state index in [4.69, 9.17) is 0 Å². The van der Waals surface area contributed by atoms with Gasteiger partial charge in [0.2, 0.25) is 0 Å². The van der Waals surface area contributed by atoms with Gasteiger partial charge in [-0.1, -0.05) is 39.8 Å². The summed E-state index contributed by atoms with van der Waals surface area (Å²) in [5.74, 6) is 0.612. The molecule has 1 nitrogen and oxygen atoms in total. The Morgan fingerprint density at radius 3 is 2.31 bits per heavy atom. The molecular formula is C12H23N. The molecule has 1 atom stereocenters. The summed E-state index contributed by atoms with van der Waals surface area (Å²) in [6, 6.07) is 0.606. The fraction of sp³-hybridized carbons (Fsp3) is 0.833. The first kappa shape index (κ1) is 10.8. The molecule has 13 heavy (non-hydrogen) atoms. The summed E-state index contributed by atoms with van der Waals surface area (Å²) in [6.45, 7) is 14.6. The monoisotopic (exact) mass is 181 g/mol. The third kappa shape index (κ3) is 2.34. The van der Waals surface area contributed by atoms with E-state index in [1.54, 1.807) is 0 Å². The molecule has 0 aliphatic carbocycles. The van der Waals surface area contributed by atoms with Crippen molar-refractivity contribution in [3.05, 3.63) is 12.2 Å². The van der Waals surface area contributed by atoms with Gasteiger partial charge in [0.15, 0.2) is 0 Å². The van der Waals surface area contributed by atoms with Crippen molar-refractivity contribution in [3.8, 4) is 0 Å². The van der Waals surface area contributed by atoms with Gasteiger partial charge in [0, 0.05) is 12.6 Å². The minimum absolute atomic E-state index is 0.469. The molecule has 1 aliphatic heterocycles. The zero-order valence-corrected chi connectivity index (χ0v) is 9.72. The maximum absolute atomic E-state index is 4.21. The van der Waals surface area contributed by atoms with Crippen LogP contribution in [0.1, 0.15) is 34.1 Å². The van der Waals surface area contributed by atoms with E-state index in [1.807, 2.05) is 0 Å². The summed E-state index contributed by atoms with van der Waals surface area (Å²) >= 11 is 0. The molecule has 1 unspecified atom stereocenters. The van der Waals surface area contributed by atoms with Gasteiger partial charge in [-0.25, -0.2) is 0 Å². The minimum Gasteiger partial charge on any atom is -0.299 e. The van der Waals surface area contributed by atoms with E-state index in [2.05, 4.69) is 46.2 Å². The average molecular weight is 181 g/mol. The highest BCUT2D eigenvalue weighted by Gasteiger charge is 2.36. The minimum atomic E-state index is 0.469. The van der Waals surface area contributed by atoms with Crippen molar-refractivity contribution in [2.75, 3.05) is 13.6 Å². The normalized spacial score (nSPS) is 28.3. The predicted octanol–water partition coefficient (Wildman–Crippen LogP) is 2.93. The fourth-order valence-corrected chi connectivity index (χ4v) is 2.33. The lowest BCUT2D eigenvalue weighted by Crippen LogP contribution is -2.28. The van der Waals surface area contributed by atoms with Gasteiger partial charge < -0.3 is 0 Å². The maximum atomic E-state index is 4.21. The van der Waals surface area contributed by atoms with Crippen LogP contribution < -0.4 is 0 Å². The Balaban J connectivity index is 2.68. The van der Waals surface area contributed by atoms with Crippen LogP contribution in [0.4, 0.5) is 0 Å². The van der Waals surface area contributed by atoms with E-state index in [1.165, 1.54) is 18.5 Å². The van der Waals surface area contributed by atoms with Crippen molar-refractivity contribution in [2.45, 2.75) is 40.2 Å². The number of rotatable bonds is 2. The van der Waals surface area contributed by atoms with Crippen LogP contribution in [-0.2, 0) is 0 Å². The SMILES string of the molecule is C=C(C(C)C)C1CC(C)(C)CN1C. The highest BCUT2D eigenvalue weighted by atomic mass is 15.2. The third-order valence-electron chi connectivity index (χ3n) is 3.13. The summed E-state index contributed by atoms with van der Waals surface area (Å²) in [5.41, 5.74) is 1.87.